The zero-order chi connectivity index (χ0) is 38.7. The number of fused-ring (bicyclic) bond motifs is 16. The quantitative estimate of drug-likeness (QED) is 0.168. The molecule has 3 heterocycles. The highest BCUT2D eigenvalue weighted by molar-refractivity contribution is 6.31. The van der Waals surface area contributed by atoms with E-state index in [0.717, 1.165) is 83.1 Å². The van der Waals surface area contributed by atoms with Crippen LogP contribution in [0.4, 0.5) is 17.1 Å². The number of aromatic nitrogens is 1. The van der Waals surface area contributed by atoms with Crippen molar-refractivity contribution >= 4 is 60.7 Å². The van der Waals surface area contributed by atoms with Gasteiger partial charge in [0.15, 0.2) is 0 Å². The van der Waals surface area contributed by atoms with Gasteiger partial charge in [-0.25, -0.2) is 4.98 Å². The second-order valence-electron chi connectivity index (χ2n) is 15.7. The van der Waals surface area contributed by atoms with Crippen LogP contribution in [0.5, 0.6) is 0 Å². The van der Waals surface area contributed by atoms with E-state index in [0.29, 0.717) is 0 Å². The summed E-state index contributed by atoms with van der Waals surface area (Å²) in [6.45, 7) is 0. The highest BCUT2D eigenvalue weighted by Gasteiger charge is 2.51. The first-order chi connectivity index (χ1) is 29.3. The standard InChI is InChI=1S/C56H34N2O/c1-2-18-35(19-3-1)54-42-34-41(55-53(40-24-8-17-33-51(40)59-55)52(42)39-23-6-13-29-47(39)57-54)38-22-7-14-30-48(38)58-49-31-15-11-27-45(49)56(46-28-12-16-32-50(46)58)43-25-9-4-20-36(43)37-21-5-10-26-44(37)56/h1-34H. The van der Waals surface area contributed by atoms with E-state index in [9.17, 15) is 0 Å². The lowest BCUT2D eigenvalue weighted by Crippen LogP contribution is -2.36. The lowest BCUT2D eigenvalue weighted by Gasteiger charge is -2.45. The highest BCUT2D eigenvalue weighted by atomic mass is 16.3. The van der Waals surface area contributed by atoms with Crippen molar-refractivity contribution in [3.63, 3.8) is 0 Å². The minimum absolute atomic E-state index is 0.488. The van der Waals surface area contributed by atoms with Crippen molar-refractivity contribution in [2.45, 2.75) is 5.41 Å². The number of hydrogen-bond acceptors (Lipinski definition) is 3. The summed E-state index contributed by atoms with van der Waals surface area (Å²) in [7, 11) is 0. The summed E-state index contributed by atoms with van der Waals surface area (Å²) in [5.41, 5.74) is 17.5. The van der Waals surface area contributed by atoms with Gasteiger partial charge in [-0.3, -0.25) is 0 Å². The predicted molar refractivity (Wildman–Crippen MR) is 243 cm³/mol. The van der Waals surface area contributed by atoms with Crippen LogP contribution in [0, 0.1) is 0 Å². The highest BCUT2D eigenvalue weighted by Crippen LogP contribution is 2.64. The van der Waals surface area contributed by atoms with E-state index in [-0.39, 0.29) is 0 Å². The van der Waals surface area contributed by atoms with Crippen molar-refractivity contribution < 1.29 is 4.42 Å². The maximum Gasteiger partial charge on any atom is 0.143 e. The van der Waals surface area contributed by atoms with Crippen LogP contribution in [-0.2, 0) is 5.41 Å². The van der Waals surface area contributed by atoms with Crippen molar-refractivity contribution in [3.8, 4) is 33.5 Å². The smallest absolute Gasteiger partial charge is 0.143 e. The van der Waals surface area contributed by atoms with Crippen LogP contribution in [0.1, 0.15) is 22.3 Å². The Balaban J connectivity index is 1.15. The van der Waals surface area contributed by atoms with Gasteiger partial charge in [0.25, 0.3) is 0 Å². The molecule has 3 nitrogen and oxygen atoms in total. The fraction of sp³-hybridized carbons (Fsp3) is 0.0179. The molecular weight excluding hydrogens is 717 g/mol. The van der Waals surface area contributed by atoms with Gasteiger partial charge in [-0.1, -0.05) is 170 Å². The molecule has 0 saturated carbocycles. The normalized spacial score (nSPS) is 13.5. The van der Waals surface area contributed by atoms with E-state index in [1.807, 2.05) is 0 Å². The minimum atomic E-state index is -0.488. The molecule has 0 radical (unpaired) electrons. The lowest BCUT2D eigenvalue weighted by atomic mass is 9.64. The molecule has 59 heavy (non-hydrogen) atoms. The fourth-order valence-corrected chi connectivity index (χ4v) is 10.6. The summed E-state index contributed by atoms with van der Waals surface area (Å²) in [5.74, 6) is 0. The molecule has 9 aromatic carbocycles. The molecule has 2 aromatic heterocycles. The molecule has 13 rings (SSSR count). The van der Waals surface area contributed by atoms with Crippen molar-refractivity contribution in [1.29, 1.82) is 0 Å². The molecule has 0 bridgehead atoms. The number of hydrogen-bond donors (Lipinski definition) is 0. The summed E-state index contributed by atoms with van der Waals surface area (Å²) in [5, 5.41) is 5.56. The number of anilines is 3. The van der Waals surface area contributed by atoms with Crippen molar-refractivity contribution in [2.75, 3.05) is 4.90 Å². The Hall–Kier alpha value is -7.75. The molecule has 0 fully saturated rings. The Kier molecular flexibility index (Phi) is 6.65. The number of pyridine rings is 1. The van der Waals surface area contributed by atoms with Crippen LogP contribution in [0.25, 0.3) is 77.1 Å². The van der Waals surface area contributed by atoms with E-state index in [1.54, 1.807) is 0 Å². The third-order valence-electron chi connectivity index (χ3n) is 12.8. The molecule has 0 unspecified atom stereocenters. The average Bonchev–Trinajstić information content (AvgIpc) is 3.84. The molecule has 1 aliphatic heterocycles. The molecule has 0 amide bonds. The van der Waals surface area contributed by atoms with E-state index in [2.05, 4.69) is 211 Å². The number of furan rings is 1. The SMILES string of the molecule is c1ccc(-c2nc3ccccc3c3c2cc(-c2ccccc2N2c4ccccc4C4(c5ccccc5-c5ccccc54)c4ccccc42)c2oc4ccccc4c23)cc1. The van der Waals surface area contributed by atoms with E-state index in [1.165, 1.54) is 33.4 Å². The maximum atomic E-state index is 7.04. The molecule has 0 saturated heterocycles. The van der Waals surface area contributed by atoms with Crippen LogP contribution in [0.3, 0.4) is 0 Å². The topological polar surface area (TPSA) is 29.3 Å². The van der Waals surface area contributed by atoms with Crippen LogP contribution in [0.15, 0.2) is 211 Å². The molecule has 11 aromatic rings. The van der Waals surface area contributed by atoms with Gasteiger partial charge < -0.3 is 9.32 Å². The third-order valence-corrected chi connectivity index (χ3v) is 12.8. The summed E-state index contributed by atoms with van der Waals surface area (Å²) >= 11 is 0. The summed E-state index contributed by atoms with van der Waals surface area (Å²) in [6, 6.07) is 74.8. The molecule has 3 heteroatoms. The number of para-hydroxylation sites is 5. The number of benzene rings is 9. The maximum absolute atomic E-state index is 7.04. The summed E-state index contributed by atoms with van der Waals surface area (Å²) in [4.78, 5) is 7.88. The Morgan fingerprint density at radius 3 is 1.61 bits per heavy atom. The summed E-state index contributed by atoms with van der Waals surface area (Å²) in [6.07, 6.45) is 0. The Morgan fingerprint density at radius 1 is 0.390 bits per heavy atom. The predicted octanol–water partition coefficient (Wildman–Crippen LogP) is 14.8. The van der Waals surface area contributed by atoms with Gasteiger partial charge >= 0.3 is 0 Å². The molecule has 1 aliphatic carbocycles. The summed E-state index contributed by atoms with van der Waals surface area (Å²) < 4.78 is 7.04. The molecular formula is C56H34N2O. The van der Waals surface area contributed by atoms with Gasteiger partial charge in [-0.15, -0.1) is 0 Å². The van der Waals surface area contributed by atoms with Gasteiger partial charge in [0, 0.05) is 43.6 Å². The zero-order valence-electron chi connectivity index (χ0n) is 31.9. The van der Waals surface area contributed by atoms with Gasteiger partial charge in [0.2, 0.25) is 0 Å². The molecule has 2 aliphatic rings. The van der Waals surface area contributed by atoms with Gasteiger partial charge in [-0.05, 0) is 69.8 Å². The Bertz CT molecular complexity index is 3430. The fourth-order valence-electron chi connectivity index (χ4n) is 10.6. The van der Waals surface area contributed by atoms with E-state index < -0.39 is 5.41 Å². The second-order valence-corrected chi connectivity index (χ2v) is 15.7. The molecule has 0 N–H and O–H groups in total. The van der Waals surface area contributed by atoms with Crippen LogP contribution < -0.4 is 4.90 Å². The zero-order valence-corrected chi connectivity index (χ0v) is 31.9. The van der Waals surface area contributed by atoms with Crippen molar-refractivity contribution in [3.05, 3.63) is 229 Å². The first kappa shape index (κ1) is 32.3. The molecule has 0 atom stereocenters. The molecule has 274 valence electrons. The largest absolute Gasteiger partial charge is 0.455 e. The first-order valence-corrected chi connectivity index (χ1v) is 20.3. The monoisotopic (exact) mass is 750 g/mol. The lowest BCUT2D eigenvalue weighted by molar-refractivity contribution is 0.670. The van der Waals surface area contributed by atoms with Gasteiger partial charge in [0.1, 0.15) is 11.2 Å². The van der Waals surface area contributed by atoms with E-state index in [4.69, 9.17) is 9.40 Å². The average molecular weight is 751 g/mol. The van der Waals surface area contributed by atoms with Crippen LogP contribution in [0.2, 0.25) is 0 Å². The number of rotatable bonds is 3. The van der Waals surface area contributed by atoms with Gasteiger partial charge in [0.05, 0.1) is 33.7 Å². The molecule has 1 spiro atoms. The van der Waals surface area contributed by atoms with Crippen LogP contribution in [-0.4, -0.2) is 4.98 Å². The minimum Gasteiger partial charge on any atom is -0.455 e. The number of nitrogens with zero attached hydrogens (tertiary/aromatic N) is 2. The van der Waals surface area contributed by atoms with E-state index >= 15 is 0 Å². The second kappa shape index (κ2) is 12.1. The van der Waals surface area contributed by atoms with Gasteiger partial charge in [-0.2, -0.15) is 0 Å². The van der Waals surface area contributed by atoms with Crippen molar-refractivity contribution in [1.82, 2.24) is 4.98 Å². The Morgan fingerprint density at radius 2 is 0.915 bits per heavy atom. The Labute approximate surface area is 341 Å². The first-order valence-electron chi connectivity index (χ1n) is 20.3. The third kappa shape index (κ3) is 4.28. The van der Waals surface area contributed by atoms with Crippen molar-refractivity contribution in [2.24, 2.45) is 0 Å². The van der Waals surface area contributed by atoms with Crippen LogP contribution >= 0.6 is 0 Å².